The van der Waals surface area contributed by atoms with Crippen LogP contribution in [0.3, 0.4) is 0 Å². The van der Waals surface area contributed by atoms with Gasteiger partial charge in [0.2, 0.25) is 0 Å². The molecule has 0 aliphatic rings. The highest BCUT2D eigenvalue weighted by Gasteiger charge is 1.98. The smallest absolute Gasteiger partial charge is 0.115 e. The molecule has 0 aliphatic heterocycles. The number of benzene rings is 3. The molecule has 3 rings (SSSR count). The minimum atomic E-state index is -0.434. The topological polar surface area (TPSA) is 24.7 Å². The van der Waals surface area contributed by atoms with Crippen LogP contribution in [0.5, 0.6) is 0 Å². The van der Waals surface area contributed by atoms with E-state index in [4.69, 9.17) is 0 Å². The van der Waals surface area contributed by atoms with Gasteiger partial charge in [0.15, 0.2) is 0 Å². The number of hydrogen-bond donors (Lipinski definition) is 0. The lowest BCUT2D eigenvalue weighted by molar-refractivity contribution is 0.485. The number of aryl methyl sites for hydroxylation is 1. The summed E-state index contributed by atoms with van der Waals surface area (Å²) in [6, 6.07) is 24.0. The molecular formula is C27H27FN2. The van der Waals surface area contributed by atoms with Crippen molar-refractivity contribution in [3.05, 3.63) is 108 Å². The van der Waals surface area contributed by atoms with Crippen molar-refractivity contribution < 1.29 is 4.39 Å². The van der Waals surface area contributed by atoms with E-state index in [9.17, 15) is 4.39 Å². The van der Waals surface area contributed by atoms with Crippen molar-refractivity contribution in [2.75, 3.05) is 0 Å². The molecule has 0 atom stereocenters. The van der Waals surface area contributed by atoms with Crippen molar-refractivity contribution in [3.63, 3.8) is 0 Å². The number of rotatable bonds is 10. The first-order valence-electron chi connectivity index (χ1n) is 10.3. The number of nitrogens with zero attached hydrogens (tertiary/aromatic N) is 2. The summed E-state index contributed by atoms with van der Waals surface area (Å²) in [6.45, 7) is 3.32. The van der Waals surface area contributed by atoms with E-state index in [-0.39, 0.29) is 0 Å². The second-order valence-corrected chi connectivity index (χ2v) is 7.22. The molecular weight excluding hydrogens is 371 g/mol. The first-order chi connectivity index (χ1) is 14.8. The van der Waals surface area contributed by atoms with Gasteiger partial charge in [-0.3, -0.25) is 0 Å². The summed E-state index contributed by atoms with van der Waals surface area (Å²) < 4.78 is 12.6. The monoisotopic (exact) mass is 398 g/mol. The fourth-order valence-corrected chi connectivity index (χ4v) is 3.14. The Labute approximate surface area is 178 Å². The molecule has 0 saturated heterocycles. The van der Waals surface area contributed by atoms with Gasteiger partial charge in [-0.25, -0.2) is 4.39 Å². The first-order valence-corrected chi connectivity index (χ1v) is 10.3. The maximum absolute atomic E-state index is 12.6. The molecule has 152 valence electrons. The molecule has 0 unspecified atom stereocenters. The molecule has 0 heterocycles. The maximum Gasteiger partial charge on any atom is 0.115 e. The summed E-state index contributed by atoms with van der Waals surface area (Å²) >= 11 is 0. The third-order valence-corrected chi connectivity index (χ3v) is 4.94. The highest BCUT2D eigenvalue weighted by Crippen LogP contribution is 2.20. The quantitative estimate of drug-likeness (QED) is 0.150. The van der Waals surface area contributed by atoms with Gasteiger partial charge in [-0.2, -0.15) is 10.2 Å². The van der Waals surface area contributed by atoms with Crippen molar-refractivity contribution >= 4 is 12.4 Å². The van der Waals surface area contributed by atoms with Crippen LogP contribution in [0.1, 0.15) is 41.5 Å². The van der Waals surface area contributed by atoms with Crippen LogP contribution in [-0.2, 0) is 13.1 Å². The third kappa shape index (κ3) is 6.63. The van der Waals surface area contributed by atoms with Crippen LogP contribution in [0.4, 0.5) is 4.39 Å². The van der Waals surface area contributed by atoms with E-state index >= 15 is 0 Å². The highest BCUT2D eigenvalue weighted by molar-refractivity contribution is 5.83. The molecule has 0 amide bonds. The van der Waals surface area contributed by atoms with Crippen LogP contribution in [0.15, 0.2) is 95.7 Å². The second-order valence-electron chi connectivity index (χ2n) is 7.22. The largest absolute Gasteiger partial charge is 0.246 e. The number of hydrogen-bond acceptors (Lipinski definition) is 2. The van der Waals surface area contributed by atoms with Crippen molar-refractivity contribution in [3.8, 4) is 11.1 Å². The molecule has 0 bridgehead atoms. The zero-order chi connectivity index (χ0) is 21.0. The van der Waals surface area contributed by atoms with Gasteiger partial charge in [-0.05, 0) is 59.1 Å². The Bertz CT molecular complexity index is 969. The summed E-state index contributed by atoms with van der Waals surface area (Å²) in [4.78, 5) is 0. The van der Waals surface area contributed by atoms with Gasteiger partial charge in [0.05, 0.1) is 12.4 Å². The lowest BCUT2D eigenvalue weighted by atomic mass is 10.0. The Morgan fingerprint density at radius 2 is 1.17 bits per heavy atom. The van der Waals surface area contributed by atoms with Crippen molar-refractivity contribution in [2.24, 2.45) is 10.2 Å². The molecule has 0 N–H and O–H groups in total. The van der Waals surface area contributed by atoms with Crippen LogP contribution in [0, 0.1) is 0 Å². The Hall–Kier alpha value is -3.33. The summed E-state index contributed by atoms with van der Waals surface area (Å²) in [5.74, 6) is 0. The fourth-order valence-electron chi connectivity index (χ4n) is 3.14. The normalized spacial score (nSPS) is 11.4. The fraction of sp³-hybridized carbons (Fsp3) is 0.185. The Kier molecular flexibility index (Phi) is 8.28. The zero-order valence-corrected chi connectivity index (χ0v) is 17.2. The Morgan fingerprint density at radius 1 is 0.667 bits per heavy atom. The average molecular weight is 399 g/mol. The highest BCUT2D eigenvalue weighted by atomic mass is 19.1. The summed E-state index contributed by atoms with van der Waals surface area (Å²) in [5, 5.41) is 8.30. The van der Waals surface area contributed by atoms with Gasteiger partial charge in [0.25, 0.3) is 0 Å². The summed E-state index contributed by atoms with van der Waals surface area (Å²) in [5.41, 5.74) is 6.21. The molecule has 0 saturated carbocycles. The van der Waals surface area contributed by atoms with Gasteiger partial charge in [0.1, 0.15) is 6.67 Å². The van der Waals surface area contributed by atoms with Crippen LogP contribution < -0.4 is 0 Å². The van der Waals surface area contributed by atoms with E-state index in [0.717, 1.165) is 35.1 Å². The molecule has 0 radical (unpaired) electrons. The number of unbranched alkanes of at least 4 members (excludes halogenated alkanes) is 2. The number of halogens is 1. The number of alkyl halides is 1. The number of allylic oxidation sites excluding steroid dienone is 1. The lowest BCUT2D eigenvalue weighted by Gasteiger charge is -2.03. The SMILES string of the molecule is C=CCCCCc1ccc(/C=N/N=C/c2ccc(-c3ccc(CF)cc3)cc2)cc1. The zero-order valence-electron chi connectivity index (χ0n) is 17.2. The molecule has 2 nitrogen and oxygen atoms in total. The van der Waals surface area contributed by atoms with Crippen molar-refractivity contribution in [1.29, 1.82) is 0 Å². The third-order valence-electron chi connectivity index (χ3n) is 4.94. The van der Waals surface area contributed by atoms with E-state index in [2.05, 4.69) is 41.0 Å². The molecule has 3 aromatic rings. The van der Waals surface area contributed by atoms with Crippen LogP contribution in [-0.4, -0.2) is 12.4 Å². The Morgan fingerprint density at radius 3 is 1.70 bits per heavy atom. The molecule has 0 aliphatic carbocycles. The predicted molar refractivity (Wildman–Crippen MR) is 126 cm³/mol. The molecule has 0 spiro atoms. The molecule has 30 heavy (non-hydrogen) atoms. The summed E-state index contributed by atoms with van der Waals surface area (Å²) in [6.07, 6.45) is 10.0. The standard InChI is InChI=1S/C27H27FN2/c1-2-3-4-5-6-22-7-9-24(10-8-22)20-29-30-21-25-13-17-27(18-14-25)26-15-11-23(19-28)12-16-26/h2,7-18,20-21H,1,3-6,19H2/b29-20+,30-21+. The van der Waals surface area contributed by atoms with Crippen LogP contribution >= 0.6 is 0 Å². The summed E-state index contributed by atoms with van der Waals surface area (Å²) in [7, 11) is 0. The minimum Gasteiger partial charge on any atom is -0.246 e. The Balaban J connectivity index is 1.51. The first kappa shape index (κ1) is 21.4. The van der Waals surface area contributed by atoms with Gasteiger partial charge < -0.3 is 0 Å². The maximum atomic E-state index is 12.6. The van der Waals surface area contributed by atoms with Crippen LogP contribution in [0.25, 0.3) is 11.1 Å². The van der Waals surface area contributed by atoms with E-state index in [1.165, 1.54) is 18.4 Å². The predicted octanol–water partition coefficient (Wildman–Crippen LogP) is 7.17. The lowest BCUT2D eigenvalue weighted by Crippen LogP contribution is -1.87. The van der Waals surface area contributed by atoms with Crippen LogP contribution in [0.2, 0.25) is 0 Å². The van der Waals surface area contributed by atoms with E-state index in [1.807, 2.05) is 54.6 Å². The minimum absolute atomic E-state index is 0.434. The molecule has 0 fully saturated rings. The van der Waals surface area contributed by atoms with Crippen molar-refractivity contribution in [1.82, 2.24) is 0 Å². The van der Waals surface area contributed by atoms with Gasteiger partial charge in [-0.15, -0.1) is 6.58 Å². The second kappa shape index (κ2) is 11.6. The average Bonchev–Trinajstić information content (AvgIpc) is 2.81. The van der Waals surface area contributed by atoms with Gasteiger partial charge >= 0.3 is 0 Å². The molecule has 3 aromatic carbocycles. The van der Waals surface area contributed by atoms with Crippen molar-refractivity contribution in [2.45, 2.75) is 32.4 Å². The molecule has 0 aromatic heterocycles. The molecule has 3 heteroatoms. The van der Waals surface area contributed by atoms with E-state index < -0.39 is 6.67 Å². The van der Waals surface area contributed by atoms with E-state index in [0.29, 0.717) is 5.56 Å². The van der Waals surface area contributed by atoms with Gasteiger partial charge in [0, 0.05) is 0 Å². The van der Waals surface area contributed by atoms with E-state index in [1.54, 1.807) is 12.4 Å². The van der Waals surface area contributed by atoms with Gasteiger partial charge in [-0.1, -0.05) is 78.9 Å².